The fraction of sp³-hybridized carbons (Fsp3) is 0.409. The van der Waals surface area contributed by atoms with Crippen molar-refractivity contribution in [2.24, 2.45) is 0 Å². The smallest absolute Gasteiger partial charge is 0.243 e. The highest BCUT2D eigenvalue weighted by Gasteiger charge is 2.29. The molecule has 1 saturated heterocycles. The number of likely N-dealkylation sites (tertiary alicyclic amines) is 1. The Morgan fingerprint density at radius 1 is 1.10 bits per heavy atom. The Labute approximate surface area is 177 Å². The second-order valence-electron chi connectivity index (χ2n) is 7.68. The molecular weight excluding hydrogens is 405 g/mol. The molecule has 2 aromatic rings. The van der Waals surface area contributed by atoms with E-state index in [9.17, 15) is 17.6 Å². The predicted octanol–water partition coefficient (Wildman–Crippen LogP) is 2.89. The van der Waals surface area contributed by atoms with E-state index in [0.29, 0.717) is 6.54 Å². The molecule has 162 valence electrons. The number of amides is 1. The van der Waals surface area contributed by atoms with Crippen LogP contribution in [0.4, 0.5) is 10.1 Å². The summed E-state index contributed by atoms with van der Waals surface area (Å²) in [5.74, 6) is -0.889. The van der Waals surface area contributed by atoms with Gasteiger partial charge in [0.1, 0.15) is 11.9 Å². The third-order valence-electron chi connectivity index (χ3n) is 5.33. The zero-order chi connectivity index (χ0) is 21.7. The Morgan fingerprint density at radius 2 is 1.70 bits per heavy atom. The molecule has 0 aliphatic carbocycles. The second kappa shape index (κ2) is 9.57. The highest BCUT2D eigenvalue weighted by atomic mass is 32.2. The van der Waals surface area contributed by atoms with E-state index in [1.807, 2.05) is 18.2 Å². The van der Waals surface area contributed by atoms with Crippen molar-refractivity contribution < 1.29 is 17.6 Å². The molecule has 0 bridgehead atoms. The Bertz CT molecular complexity index is 973. The molecule has 0 unspecified atom stereocenters. The molecule has 3 rings (SSSR count). The molecule has 1 atom stereocenters. The van der Waals surface area contributed by atoms with Crippen LogP contribution in [0.2, 0.25) is 0 Å². The van der Waals surface area contributed by atoms with E-state index in [1.165, 1.54) is 44.0 Å². The van der Waals surface area contributed by atoms with Gasteiger partial charge in [-0.3, -0.25) is 14.0 Å². The molecule has 6 nitrogen and oxygen atoms in total. The van der Waals surface area contributed by atoms with Gasteiger partial charge in [0, 0.05) is 13.1 Å². The fourth-order valence-corrected chi connectivity index (χ4v) is 4.97. The van der Waals surface area contributed by atoms with Crippen molar-refractivity contribution in [1.29, 1.82) is 0 Å². The molecule has 0 radical (unpaired) electrons. The van der Waals surface area contributed by atoms with Crippen LogP contribution in [0.5, 0.6) is 0 Å². The predicted molar refractivity (Wildman–Crippen MR) is 116 cm³/mol. The number of anilines is 1. The Hall–Kier alpha value is -2.45. The van der Waals surface area contributed by atoms with Crippen molar-refractivity contribution in [1.82, 2.24) is 10.2 Å². The van der Waals surface area contributed by atoms with Gasteiger partial charge in [-0.05, 0) is 68.2 Å². The van der Waals surface area contributed by atoms with Gasteiger partial charge in [0.05, 0.1) is 11.9 Å². The summed E-state index contributed by atoms with van der Waals surface area (Å²) in [6.07, 6.45) is 3.45. The maximum atomic E-state index is 13.2. The highest BCUT2D eigenvalue weighted by Crippen LogP contribution is 2.21. The van der Waals surface area contributed by atoms with Gasteiger partial charge in [-0.2, -0.15) is 0 Å². The number of sulfonamides is 1. The Balaban J connectivity index is 1.71. The van der Waals surface area contributed by atoms with Crippen LogP contribution >= 0.6 is 0 Å². The first-order valence-corrected chi connectivity index (χ1v) is 11.9. The van der Waals surface area contributed by atoms with Crippen LogP contribution in [-0.2, 0) is 27.9 Å². The lowest BCUT2D eigenvalue weighted by atomic mass is 10.1. The van der Waals surface area contributed by atoms with E-state index in [2.05, 4.69) is 16.3 Å². The molecule has 1 N–H and O–H groups in total. The number of hydrogen-bond acceptors (Lipinski definition) is 4. The lowest BCUT2D eigenvalue weighted by Crippen LogP contribution is -2.47. The summed E-state index contributed by atoms with van der Waals surface area (Å²) in [6, 6.07) is 12.0. The number of carbonyl (C=O) groups excluding carboxylic acids is 1. The minimum absolute atomic E-state index is 0.246. The summed E-state index contributed by atoms with van der Waals surface area (Å²) < 4.78 is 38.9. The van der Waals surface area contributed by atoms with E-state index in [0.717, 1.165) is 41.3 Å². The molecular formula is C22H28FN3O3S. The molecule has 1 fully saturated rings. The van der Waals surface area contributed by atoms with Crippen LogP contribution in [0.1, 0.15) is 30.9 Å². The van der Waals surface area contributed by atoms with Crippen molar-refractivity contribution in [2.45, 2.75) is 38.9 Å². The van der Waals surface area contributed by atoms with Crippen molar-refractivity contribution in [2.75, 3.05) is 23.7 Å². The van der Waals surface area contributed by atoms with E-state index in [-0.39, 0.29) is 5.69 Å². The van der Waals surface area contributed by atoms with E-state index >= 15 is 0 Å². The molecule has 1 aliphatic heterocycles. The topological polar surface area (TPSA) is 69.7 Å². The molecule has 1 amide bonds. The van der Waals surface area contributed by atoms with Gasteiger partial charge in [-0.15, -0.1) is 0 Å². The average molecular weight is 434 g/mol. The molecule has 1 aliphatic rings. The third-order valence-corrected chi connectivity index (χ3v) is 6.58. The van der Waals surface area contributed by atoms with Crippen molar-refractivity contribution in [3.8, 4) is 0 Å². The van der Waals surface area contributed by atoms with E-state index in [4.69, 9.17) is 0 Å². The van der Waals surface area contributed by atoms with Crippen molar-refractivity contribution >= 4 is 21.6 Å². The van der Waals surface area contributed by atoms with Gasteiger partial charge >= 0.3 is 0 Å². The fourth-order valence-electron chi connectivity index (χ4n) is 3.79. The van der Waals surface area contributed by atoms with Gasteiger partial charge in [0.25, 0.3) is 0 Å². The largest absolute Gasteiger partial charge is 0.350 e. The second-order valence-corrected chi connectivity index (χ2v) is 9.54. The molecule has 0 aromatic heterocycles. The minimum atomic E-state index is -3.74. The monoisotopic (exact) mass is 433 g/mol. The lowest BCUT2D eigenvalue weighted by molar-refractivity contribution is -0.122. The van der Waals surface area contributed by atoms with E-state index in [1.54, 1.807) is 0 Å². The molecule has 8 heteroatoms. The maximum absolute atomic E-state index is 13.2. The Kier molecular flexibility index (Phi) is 7.10. The number of nitrogens with one attached hydrogen (secondary N) is 1. The summed E-state index contributed by atoms with van der Waals surface area (Å²) in [6.45, 7) is 4.84. The first kappa shape index (κ1) is 22.2. The van der Waals surface area contributed by atoms with E-state index < -0.39 is 27.8 Å². The van der Waals surface area contributed by atoms with Crippen LogP contribution in [-0.4, -0.2) is 44.6 Å². The average Bonchev–Trinajstić information content (AvgIpc) is 3.21. The van der Waals surface area contributed by atoms with Gasteiger partial charge < -0.3 is 5.32 Å². The standard InChI is InChI=1S/C22H28FN3O3S/c1-17(26(30(2,28)29)21-11-9-20(23)10-12-21)22(27)24-15-18-7-3-4-8-19(18)16-25-13-5-6-14-25/h3-4,7-12,17H,5-6,13-16H2,1-2H3,(H,24,27)/t17-/m0/s1. The van der Waals surface area contributed by atoms with Crippen LogP contribution in [0.25, 0.3) is 0 Å². The number of halogens is 1. The number of benzene rings is 2. The third kappa shape index (κ3) is 5.58. The molecule has 2 aromatic carbocycles. The van der Waals surface area contributed by atoms with Gasteiger partial charge in [-0.25, -0.2) is 12.8 Å². The normalized spacial score (nSPS) is 15.7. The number of hydrogen-bond donors (Lipinski definition) is 1. The van der Waals surface area contributed by atoms with Gasteiger partial charge in [-0.1, -0.05) is 24.3 Å². The first-order valence-electron chi connectivity index (χ1n) is 10.1. The SMILES string of the molecule is C[C@@H](C(=O)NCc1ccccc1CN1CCCC1)N(c1ccc(F)cc1)S(C)(=O)=O. The molecule has 0 spiro atoms. The zero-order valence-electron chi connectivity index (χ0n) is 17.3. The lowest BCUT2D eigenvalue weighted by Gasteiger charge is -2.28. The number of nitrogens with zero attached hydrogens (tertiary/aromatic N) is 2. The number of rotatable bonds is 8. The molecule has 1 heterocycles. The molecule has 30 heavy (non-hydrogen) atoms. The van der Waals surface area contributed by atoms with Crippen molar-refractivity contribution in [3.63, 3.8) is 0 Å². The maximum Gasteiger partial charge on any atom is 0.243 e. The van der Waals surface area contributed by atoms with Crippen molar-refractivity contribution in [3.05, 3.63) is 65.5 Å². The van der Waals surface area contributed by atoms with Crippen LogP contribution < -0.4 is 9.62 Å². The van der Waals surface area contributed by atoms with Crippen LogP contribution in [0.3, 0.4) is 0 Å². The van der Waals surface area contributed by atoms with Gasteiger partial charge in [0.15, 0.2) is 0 Å². The van der Waals surface area contributed by atoms with Gasteiger partial charge in [0.2, 0.25) is 15.9 Å². The number of carbonyl (C=O) groups is 1. The quantitative estimate of drug-likeness (QED) is 0.695. The summed E-state index contributed by atoms with van der Waals surface area (Å²) in [7, 11) is -3.74. The summed E-state index contributed by atoms with van der Waals surface area (Å²) >= 11 is 0. The Morgan fingerprint density at radius 3 is 2.30 bits per heavy atom. The first-order chi connectivity index (χ1) is 14.3. The zero-order valence-corrected chi connectivity index (χ0v) is 18.2. The van der Waals surface area contributed by atoms with Crippen LogP contribution in [0, 0.1) is 5.82 Å². The minimum Gasteiger partial charge on any atom is -0.350 e. The molecule has 0 saturated carbocycles. The summed E-state index contributed by atoms with van der Waals surface area (Å²) in [4.78, 5) is 15.2. The highest BCUT2D eigenvalue weighted by molar-refractivity contribution is 7.92. The van der Waals surface area contributed by atoms with Crippen LogP contribution in [0.15, 0.2) is 48.5 Å². The summed E-state index contributed by atoms with van der Waals surface area (Å²) in [5, 5.41) is 2.86. The summed E-state index contributed by atoms with van der Waals surface area (Å²) in [5.41, 5.74) is 2.42.